The molecule has 13 nitrogen and oxygen atoms in total. The molecule has 0 unspecified atom stereocenters. The SMILES string of the molecule is CC(C)(C)C1CCC2(CC1)N=C(c1cccc(C(F)(F)F)c1)C(=O)N2CCc1ccc(C(=O)O)cc1.[2H]C([2H])(CO)C([2H])([2H])CC(=O)c1ccc(CCN2C(=O)C(c3cccc(C(F)(F)F)c3)=NC23CCC(C(C)(C)C)CC3)cc1.[2H]C([2H])(N)C([2H])([2H])C(=O)O. The first-order valence-electron chi connectivity index (χ1n) is 31.1. The average molecular weight is 1150 g/mol. The molecule has 8 rings (SSSR count). The minimum Gasteiger partial charge on any atom is -0.481 e. The summed E-state index contributed by atoms with van der Waals surface area (Å²) in [7, 11) is 0. The van der Waals surface area contributed by atoms with Gasteiger partial charge in [-0.25, -0.2) is 4.79 Å². The quantitative estimate of drug-likeness (QED) is 0.0622. The number of halogens is 6. The first-order valence-corrected chi connectivity index (χ1v) is 27.1. The average Bonchev–Trinajstić information content (AvgIpc) is 1.60. The van der Waals surface area contributed by atoms with Crippen LogP contribution in [0.2, 0.25) is 0 Å². The molecule has 2 aliphatic heterocycles. The Bertz CT molecular complexity index is 3330. The summed E-state index contributed by atoms with van der Waals surface area (Å²) in [6.07, 6.45) is -11.2. The lowest BCUT2D eigenvalue weighted by atomic mass is 9.69. The molecular weight excluding hydrogens is 1070 g/mol. The number of benzene rings is 4. The molecule has 82 heavy (non-hydrogen) atoms. The molecule has 2 spiro atoms. The van der Waals surface area contributed by atoms with Crippen LogP contribution in [0.15, 0.2) is 107 Å². The van der Waals surface area contributed by atoms with Crippen molar-refractivity contribution in [1.82, 2.24) is 9.80 Å². The van der Waals surface area contributed by atoms with E-state index in [-0.39, 0.29) is 57.0 Å². The number of carboxylic acids is 2. The minimum atomic E-state index is -4.55. The fraction of sp³-hybridized carbons (Fsp3) is 0.508. The summed E-state index contributed by atoms with van der Waals surface area (Å²) in [5.74, 6) is -3.40. The molecule has 2 heterocycles. The van der Waals surface area contributed by atoms with Crippen molar-refractivity contribution in [2.75, 3.05) is 26.2 Å². The van der Waals surface area contributed by atoms with E-state index in [1.54, 1.807) is 34.1 Å². The highest BCUT2D eigenvalue weighted by Gasteiger charge is 2.52. The van der Waals surface area contributed by atoms with Crippen molar-refractivity contribution in [3.63, 3.8) is 0 Å². The summed E-state index contributed by atoms with van der Waals surface area (Å²) >= 11 is 0. The monoisotopic (exact) mass is 1150 g/mol. The topological polar surface area (TPSA) is 203 Å². The number of nitrogens with two attached hydrogens (primary N) is 1. The van der Waals surface area contributed by atoms with Crippen molar-refractivity contribution in [1.29, 1.82) is 0 Å². The van der Waals surface area contributed by atoms with Crippen LogP contribution in [0.1, 0.15) is 184 Å². The normalized spacial score (nSPS) is 23.3. The number of rotatable bonds is 16. The van der Waals surface area contributed by atoms with Gasteiger partial charge in [-0.2, -0.15) is 26.3 Å². The van der Waals surface area contributed by atoms with Gasteiger partial charge < -0.3 is 30.9 Å². The third kappa shape index (κ3) is 16.3. The molecule has 0 bridgehead atoms. The zero-order valence-corrected chi connectivity index (χ0v) is 46.8. The number of alkyl halides is 6. The number of nitrogens with zero attached hydrogens (tertiary/aromatic N) is 4. The fourth-order valence-electron chi connectivity index (χ4n) is 11.1. The number of Topliss-reactive ketones (excluding diaryl/α,β-unsaturated/α-hetero) is 1. The summed E-state index contributed by atoms with van der Waals surface area (Å²) in [6.45, 7) is 9.83. The van der Waals surface area contributed by atoms with Gasteiger partial charge in [0.1, 0.15) is 22.7 Å². The largest absolute Gasteiger partial charge is 0.481 e. The zero-order valence-electron chi connectivity index (χ0n) is 54.8. The highest BCUT2D eigenvalue weighted by molar-refractivity contribution is 6.47. The van der Waals surface area contributed by atoms with Crippen LogP contribution in [0, 0.1) is 22.7 Å². The predicted molar refractivity (Wildman–Crippen MR) is 302 cm³/mol. The molecule has 4 aliphatic rings. The van der Waals surface area contributed by atoms with E-state index in [9.17, 15) is 55.4 Å². The number of carbonyl (C=O) groups is 5. The first kappa shape index (κ1) is 53.3. The van der Waals surface area contributed by atoms with Gasteiger partial charge in [0.25, 0.3) is 11.8 Å². The Morgan fingerprint density at radius 1 is 0.622 bits per heavy atom. The summed E-state index contributed by atoms with van der Waals surface area (Å²) in [5.41, 5.74) is 3.97. The molecule has 5 N–H and O–H groups in total. The van der Waals surface area contributed by atoms with Crippen LogP contribution >= 0.6 is 0 Å². The number of aliphatic carboxylic acids is 1. The van der Waals surface area contributed by atoms with E-state index in [4.69, 9.17) is 31.2 Å². The number of aliphatic imine (C=N–C) groups is 2. The molecule has 2 aliphatic carbocycles. The second-order valence-corrected chi connectivity index (χ2v) is 23.1. The lowest BCUT2D eigenvalue weighted by molar-refractivity contribution is -0.138. The highest BCUT2D eigenvalue weighted by Crippen LogP contribution is 2.49. The molecule has 0 atom stereocenters. The van der Waals surface area contributed by atoms with E-state index < -0.39 is 97.1 Å². The van der Waals surface area contributed by atoms with Gasteiger partial charge in [-0.05, 0) is 147 Å². The zero-order chi connectivity index (χ0) is 67.6. The molecule has 2 fully saturated rings. The first-order chi connectivity index (χ1) is 41.3. The van der Waals surface area contributed by atoms with Gasteiger partial charge in [0.15, 0.2) is 5.78 Å². The van der Waals surface area contributed by atoms with Crippen LogP contribution in [0.3, 0.4) is 0 Å². The molecule has 2 amide bonds. The van der Waals surface area contributed by atoms with Crippen molar-refractivity contribution in [2.24, 2.45) is 38.4 Å². The Labute approximate surface area is 487 Å². The highest BCUT2D eigenvalue weighted by atomic mass is 19.4. The number of carboxylic acid groups (broad SMARTS) is 2. The fourth-order valence-corrected chi connectivity index (χ4v) is 11.1. The van der Waals surface area contributed by atoms with Crippen LogP contribution in [0.5, 0.6) is 0 Å². The number of aromatic carboxylic acids is 1. The van der Waals surface area contributed by atoms with Gasteiger partial charge in [-0.1, -0.05) is 102 Å². The summed E-state index contributed by atoms with van der Waals surface area (Å²) in [6, 6.07) is 22.4. The smallest absolute Gasteiger partial charge is 0.416 e. The van der Waals surface area contributed by atoms with Crippen molar-refractivity contribution < 1.29 is 76.6 Å². The number of carbonyl (C=O) groups excluding carboxylic acids is 3. The lowest BCUT2D eigenvalue weighted by Gasteiger charge is -2.45. The number of ketones is 1. The number of aliphatic hydroxyl groups excluding tert-OH is 1. The van der Waals surface area contributed by atoms with Gasteiger partial charge in [-0.15, -0.1) is 0 Å². The van der Waals surface area contributed by atoms with Gasteiger partial charge in [-0.3, -0.25) is 29.2 Å². The summed E-state index contributed by atoms with van der Waals surface area (Å²) in [4.78, 5) is 74.3. The number of aliphatic hydroxyl groups is 1. The van der Waals surface area contributed by atoms with E-state index in [1.807, 2.05) is 0 Å². The number of hydrogen-bond donors (Lipinski definition) is 4. The van der Waals surface area contributed by atoms with Crippen LogP contribution in [0.4, 0.5) is 26.3 Å². The van der Waals surface area contributed by atoms with Crippen LogP contribution in [-0.4, -0.2) is 104 Å². The molecule has 4 aromatic rings. The Kier molecular flexibility index (Phi) is 17.3. The molecule has 444 valence electrons. The maximum atomic E-state index is 13.8. The second kappa shape index (κ2) is 26.7. The Morgan fingerprint density at radius 3 is 1.33 bits per heavy atom. The molecule has 2 saturated carbocycles. The molecule has 4 aromatic carbocycles. The van der Waals surface area contributed by atoms with Crippen LogP contribution in [0.25, 0.3) is 0 Å². The van der Waals surface area contributed by atoms with E-state index in [1.165, 1.54) is 48.5 Å². The van der Waals surface area contributed by atoms with Crippen molar-refractivity contribution >= 4 is 41.0 Å². The third-order valence-electron chi connectivity index (χ3n) is 15.8. The summed E-state index contributed by atoms with van der Waals surface area (Å²) in [5, 5.41) is 26.4. The standard InChI is InChI=1S/C32H39F3N2O3.C28H31F3N2O3.C3H7NO2/c1-30(2,3)25-14-17-31(18-15-25)36-28(24-7-6-8-26(21-24)32(33,34)35)29(40)37(31)19-16-22-10-12-23(13-11-22)27(39)9-4-5-20-38;1-26(2,3)21-11-14-27(15-12-21)32-23(20-5-4-6-22(17-20)28(29,30)31)24(34)33(27)16-13-18-7-9-19(10-8-18)25(35)36;4-2-1-3(5)6/h6-8,10-13,21,25,38H,4-5,9,14-20H2,1-3H3;4-10,17,21H,11-16H2,1-3H3,(H,35,36);1-2,4H2,(H,5,6)/i4D2,5D2;;1D2,2D2. The summed E-state index contributed by atoms with van der Waals surface area (Å²) < 4.78 is 138. The van der Waals surface area contributed by atoms with Crippen LogP contribution < -0.4 is 5.73 Å². The molecule has 0 saturated heterocycles. The maximum absolute atomic E-state index is 13.8. The Morgan fingerprint density at radius 2 is 1.01 bits per heavy atom. The van der Waals surface area contributed by atoms with Crippen molar-refractivity contribution in [3.8, 4) is 0 Å². The van der Waals surface area contributed by atoms with E-state index in [2.05, 4.69) is 47.3 Å². The van der Waals surface area contributed by atoms with E-state index in [0.717, 1.165) is 61.1 Å². The number of amides is 2. The van der Waals surface area contributed by atoms with E-state index in [0.29, 0.717) is 56.9 Å². The van der Waals surface area contributed by atoms with Gasteiger partial charge in [0, 0.05) is 60.3 Å². The van der Waals surface area contributed by atoms with Gasteiger partial charge >= 0.3 is 24.3 Å². The predicted octanol–water partition coefficient (Wildman–Crippen LogP) is 12.5. The van der Waals surface area contributed by atoms with E-state index >= 15 is 0 Å². The van der Waals surface area contributed by atoms with Crippen molar-refractivity contribution in [2.45, 2.75) is 155 Å². The Balaban J connectivity index is 0.000000252. The minimum absolute atomic E-state index is 0.0308. The Hall–Kier alpha value is -6.73. The number of hydrogen-bond acceptors (Lipinski definition) is 9. The third-order valence-corrected chi connectivity index (χ3v) is 15.8. The van der Waals surface area contributed by atoms with Crippen LogP contribution in [-0.2, 0) is 39.6 Å². The van der Waals surface area contributed by atoms with Crippen molar-refractivity contribution in [3.05, 3.63) is 142 Å². The van der Waals surface area contributed by atoms with Gasteiger partial charge in [0.05, 0.1) is 23.1 Å². The second-order valence-electron chi connectivity index (χ2n) is 23.1. The molecule has 19 heteroatoms. The van der Waals surface area contributed by atoms with Gasteiger partial charge in [0.2, 0.25) is 0 Å². The molecular formula is C63H77F6N5O8. The molecule has 0 aromatic heterocycles. The maximum Gasteiger partial charge on any atom is 0.416 e. The molecule has 0 radical (unpaired) electrons. The lowest BCUT2D eigenvalue weighted by Crippen LogP contribution is -2.50.